The van der Waals surface area contributed by atoms with E-state index in [1.165, 1.54) is 12.1 Å². The third kappa shape index (κ3) is 3.34. The molecule has 2 rings (SSSR count). The van der Waals surface area contributed by atoms with Crippen LogP contribution in [-0.4, -0.2) is 0 Å². The summed E-state index contributed by atoms with van der Waals surface area (Å²) in [6.45, 7) is 0. The van der Waals surface area contributed by atoms with Crippen LogP contribution in [0.5, 0.6) is 0 Å². The van der Waals surface area contributed by atoms with Gasteiger partial charge < -0.3 is 0 Å². The average Bonchev–Trinajstić information content (AvgIpc) is 2.40. The predicted octanol–water partition coefficient (Wildman–Crippen LogP) is 4.05. The molecule has 0 aliphatic heterocycles. The Balaban J connectivity index is 2.63. The Kier molecular flexibility index (Phi) is 4.51. The zero-order chi connectivity index (χ0) is 15.6. The molecule has 2 aromatic rings. The second kappa shape index (κ2) is 6.01. The Bertz CT molecular complexity index is 643. The quantitative estimate of drug-likeness (QED) is 0.509. The normalized spacial score (nSPS) is 13.2. The van der Waals surface area contributed by atoms with Crippen LogP contribution in [0.15, 0.2) is 42.5 Å². The van der Waals surface area contributed by atoms with Crippen molar-refractivity contribution in [1.82, 2.24) is 5.43 Å². The Morgan fingerprint density at radius 3 is 2.29 bits per heavy atom. The van der Waals surface area contributed by atoms with Crippen molar-refractivity contribution in [2.24, 2.45) is 5.84 Å². The molecule has 0 saturated heterocycles. The SMILES string of the molecule is NNC(c1ccccc1Cl)c1cc(F)ccc1C(F)(F)F. The lowest BCUT2D eigenvalue weighted by molar-refractivity contribution is -0.138. The van der Waals surface area contributed by atoms with Gasteiger partial charge in [-0.1, -0.05) is 29.8 Å². The summed E-state index contributed by atoms with van der Waals surface area (Å²) in [4.78, 5) is 0. The maximum absolute atomic E-state index is 13.4. The number of alkyl halides is 3. The van der Waals surface area contributed by atoms with E-state index in [1.54, 1.807) is 12.1 Å². The van der Waals surface area contributed by atoms with Gasteiger partial charge in [0, 0.05) is 5.02 Å². The predicted molar refractivity (Wildman–Crippen MR) is 72.0 cm³/mol. The van der Waals surface area contributed by atoms with Crippen molar-refractivity contribution < 1.29 is 17.6 Å². The highest BCUT2D eigenvalue weighted by Crippen LogP contribution is 2.38. The summed E-state index contributed by atoms with van der Waals surface area (Å²) < 4.78 is 52.6. The minimum atomic E-state index is -4.63. The second-order valence-corrected chi connectivity index (χ2v) is 4.76. The van der Waals surface area contributed by atoms with E-state index in [9.17, 15) is 17.6 Å². The van der Waals surface area contributed by atoms with Gasteiger partial charge in [0.25, 0.3) is 0 Å². The molecule has 0 aromatic heterocycles. The first-order valence-corrected chi connectivity index (χ1v) is 6.29. The Hall–Kier alpha value is -1.63. The molecule has 112 valence electrons. The highest BCUT2D eigenvalue weighted by atomic mass is 35.5. The average molecular weight is 319 g/mol. The number of rotatable bonds is 3. The lowest BCUT2D eigenvalue weighted by Gasteiger charge is -2.22. The molecular formula is C14H11ClF4N2. The van der Waals surface area contributed by atoms with Gasteiger partial charge in [0.15, 0.2) is 0 Å². The van der Waals surface area contributed by atoms with Crippen molar-refractivity contribution in [2.75, 3.05) is 0 Å². The lowest BCUT2D eigenvalue weighted by atomic mass is 9.94. The van der Waals surface area contributed by atoms with Gasteiger partial charge in [-0.15, -0.1) is 0 Å². The van der Waals surface area contributed by atoms with E-state index in [4.69, 9.17) is 17.4 Å². The molecule has 0 radical (unpaired) electrons. The van der Waals surface area contributed by atoms with E-state index in [2.05, 4.69) is 5.43 Å². The van der Waals surface area contributed by atoms with Crippen LogP contribution in [0, 0.1) is 5.82 Å². The van der Waals surface area contributed by atoms with Gasteiger partial charge in [0.2, 0.25) is 0 Å². The molecule has 0 fully saturated rings. The number of nitrogens with one attached hydrogen (secondary N) is 1. The van der Waals surface area contributed by atoms with Crippen LogP contribution < -0.4 is 11.3 Å². The molecule has 0 aliphatic carbocycles. The number of hydrogen-bond acceptors (Lipinski definition) is 2. The maximum atomic E-state index is 13.4. The molecular weight excluding hydrogens is 308 g/mol. The fraction of sp³-hybridized carbons (Fsp3) is 0.143. The van der Waals surface area contributed by atoms with Crippen molar-refractivity contribution in [1.29, 1.82) is 0 Å². The Labute approximate surface area is 123 Å². The molecule has 1 unspecified atom stereocenters. The highest BCUT2D eigenvalue weighted by molar-refractivity contribution is 6.31. The maximum Gasteiger partial charge on any atom is 0.416 e. The summed E-state index contributed by atoms with van der Waals surface area (Å²) in [6.07, 6.45) is -4.63. The fourth-order valence-electron chi connectivity index (χ4n) is 2.09. The van der Waals surface area contributed by atoms with Crippen LogP contribution in [0.25, 0.3) is 0 Å². The molecule has 2 aromatic carbocycles. The molecule has 2 nitrogen and oxygen atoms in total. The molecule has 0 amide bonds. The topological polar surface area (TPSA) is 38.0 Å². The van der Waals surface area contributed by atoms with Gasteiger partial charge in [-0.25, -0.2) is 9.82 Å². The Morgan fingerprint density at radius 1 is 1.05 bits per heavy atom. The first-order valence-electron chi connectivity index (χ1n) is 5.91. The first kappa shape index (κ1) is 15.8. The summed E-state index contributed by atoms with van der Waals surface area (Å²) in [6, 6.07) is 7.46. The van der Waals surface area contributed by atoms with Crippen molar-refractivity contribution in [3.8, 4) is 0 Å². The van der Waals surface area contributed by atoms with Crippen LogP contribution in [0.4, 0.5) is 17.6 Å². The summed E-state index contributed by atoms with van der Waals surface area (Å²) >= 11 is 5.98. The van der Waals surface area contributed by atoms with Crippen LogP contribution in [-0.2, 0) is 6.18 Å². The number of halogens is 5. The van der Waals surface area contributed by atoms with E-state index >= 15 is 0 Å². The summed E-state index contributed by atoms with van der Waals surface area (Å²) in [5.41, 5.74) is 1.31. The Morgan fingerprint density at radius 2 is 1.71 bits per heavy atom. The molecule has 0 bridgehead atoms. The summed E-state index contributed by atoms with van der Waals surface area (Å²) in [7, 11) is 0. The van der Waals surface area contributed by atoms with Gasteiger partial charge in [0.1, 0.15) is 5.82 Å². The molecule has 0 aliphatic rings. The van der Waals surface area contributed by atoms with Gasteiger partial charge >= 0.3 is 6.18 Å². The van der Waals surface area contributed by atoms with Crippen molar-refractivity contribution in [2.45, 2.75) is 12.2 Å². The van der Waals surface area contributed by atoms with E-state index in [0.717, 1.165) is 12.1 Å². The minimum absolute atomic E-state index is 0.234. The standard InChI is InChI=1S/C14H11ClF4N2/c15-12-4-2-1-3-9(12)13(21-20)10-7-8(16)5-6-11(10)14(17,18)19/h1-7,13,21H,20H2. The van der Waals surface area contributed by atoms with E-state index in [0.29, 0.717) is 11.6 Å². The van der Waals surface area contributed by atoms with Gasteiger partial charge in [-0.05, 0) is 35.4 Å². The molecule has 0 heterocycles. The smallest absolute Gasteiger partial charge is 0.271 e. The van der Waals surface area contributed by atoms with Crippen LogP contribution in [0.3, 0.4) is 0 Å². The first-order chi connectivity index (χ1) is 9.84. The van der Waals surface area contributed by atoms with E-state index in [-0.39, 0.29) is 10.6 Å². The number of benzene rings is 2. The highest BCUT2D eigenvalue weighted by Gasteiger charge is 2.36. The van der Waals surface area contributed by atoms with Gasteiger partial charge in [-0.2, -0.15) is 13.2 Å². The van der Waals surface area contributed by atoms with E-state index < -0.39 is 23.6 Å². The number of hydrogen-bond donors (Lipinski definition) is 2. The van der Waals surface area contributed by atoms with Crippen LogP contribution in [0.2, 0.25) is 5.02 Å². The largest absolute Gasteiger partial charge is 0.416 e. The van der Waals surface area contributed by atoms with E-state index in [1.807, 2.05) is 0 Å². The number of nitrogens with two attached hydrogens (primary N) is 1. The number of hydrazine groups is 1. The van der Waals surface area contributed by atoms with Crippen molar-refractivity contribution in [3.05, 3.63) is 70.0 Å². The van der Waals surface area contributed by atoms with Gasteiger partial charge in [-0.3, -0.25) is 5.84 Å². The molecule has 0 saturated carbocycles. The third-order valence-electron chi connectivity index (χ3n) is 3.01. The third-order valence-corrected chi connectivity index (χ3v) is 3.36. The monoisotopic (exact) mass is 318 g/mol. The lowest BCUT2D eigenvalue weighted by Crippen LogP contribution is -2.31. The fourth-order valence-corrected chi connectivity index (χ4v) is 2.33. The molecule has 21 heavy (non-hydrogen) atoms. The van der Waals surface area contributed by atoms with Gasteiger partial charge in [0.05, 0.1) is 11.6 Å². The van der Waals surface area contributed by atoms with Crippen LogP contribution in [0.1, 0.15) is 22.7 Å². The van der Waals surface area contributed by atoms with Crippen molar-refractivity contribution >= 4 is 11.6 Å². The second-order valence-electron chi connectivity index (χ2n) is 4.35. The van der Waals surface area contributed by atoms with Crippen LogP contribution >= 0.6 is 11.6 Å². The molecule has 3 N–H and O–H groups in total. The summed E-state index contributed by atoms with van der Waals surface area (Å²) in [5, 5.41) is 0.234. The zero-order valence-corrected chi connectivity index (χ0v) is 11.3. The molecule has 0 spiro atoms. The molecule has 7 heteroatoms. The minimum Gasteiger partial charge on any atom is -0.271 e. The molecule has 1 atom stereocenters. The summed E-state index contributed by atoms with van der Waals surface area (Å²) in [5.74, 6) is 4.58. The van der Waals surface area contributed by atoms with Crippen molar-refractivity contribution in [3.63, 3.8) is 0 Å². The zero-order valence-electron chi connectivity index (χ0n) is 10.6.